The number of ketones is 1. The molecule has 5 nitrogen and oxygen atoms in total. The number of benzene rings is 2. The smallest absolute Gasteiger partial charge is 0.300 e. The molecule has 1 fully saturated rings. The molecule has 6 heteroatoms. The van der Waals surface area contributed by atoms with Crippen molar-refractivity contribution in [2.24, 2.45) is 5.92 Å². The summed E-state index contributed by atoms with van der Waals surface area (Å²) < 4.78 is 5.85. The number of hydrogen-bond acceptors (Lipinski definition) is 5. The molecule has 1 aliphatic heterocycles. The highest BCUT2D eigenvalue weighted by Gasteiger charge is 2.47. The molecule has 176 valence electrons. The largest absolute Gasteiger partial charge is 0.507 e. The van der Waals surface area contributed by atoms with Crippen LogP contribution in [-0.4, -0.2) is 23.4 Å². The van der Waals surface area contributed by atoms with Gasteiger partial charge in [-0.3, -0.25) is 14.5 Å². The highest BCUT2D eigenvalue weighted by molar-refractivity contribution is 7.10. The second-order valence-corrected chi connectivity index (χ2v) is 10.1. The molecule has 0 saturated carbocycles. The lowest BCUT2D eigenvalue weighted by atomic mass is 9.98. The molecule has 1 unspecified atom stereocenters. The summed E-state index contributed by atoms with van der Waals surface area (Å²) in [7, 11) is 0. The Bertz CT molecular complexity index is 1270. The second-order valence-electron chi connectivity index (χ2n) is 9.16. The van der Waals surface area contributed by atoms with E-state index in [-0.39, 0.29) is 11.3 Å². The van der Waals surface area contributed by atoms with Gasteiger partial charge in [0.05, 0.1) is 12.2 Å². The Morgan fingerprint density at radius 2 is 1.82 bits per heavy atom. The van der Waals surface area contributed by atoms with Gasteiger partial charge in [-0.15, -0.1) is 11.3 Å². The predicted octanol–water partition coefficient (Wildman–Crippen LogP) is 6.33. The number of hydrogen-bond donors (Lipinski definition) is 1. The molecule has 1 saturated heterocycles. The fourth-order valence-corrected chi connectivity index (χ4v) is 4.97. The lowest BCUT2D eigenvalue weighted by Crippen LogP contribution is -2.29. The van der Waals surface area contributed by atoms with Gasteiger partial charge in [0.2, 0.25) is 0 Å². The highest BCUT2D eigenvalue weighted by Crippen LogP contribution is 2.44. The van der Waals surface area contributed by atoms with Crippen LogP contribution in [0.1, 0.15) is 47.0 Å². The summed E-state index contributed by atoms with van der Waals surface area (Å²) in [5, 5.41) is 13.2. The number of aliphatic hydroxyl groups excluding tert-OH is 1. The van der Waals surface area contributed by atoms with E-state index >= 15 is 0 Å². The van der Waals surface area contributed by atoms with E-state index in [9.17, 15) is 14.7 Å². The minimum Gasteiger partial charge on any atom is -0.507 e. The number of thiophene rings is 1. The maximum absolute atomic E-state index is 13.3. The van der Waals surface area contributed by atoms with Gasteiger partial charge in [0.25, 0.3) is 11.7 Å². The number of amides is 1. The Morgan fingerprint density at radius 1 is 1.06 bits per heavy atom. The maximum atomic E-state index is 13.3. The zero-order valence-electron chi connectivity index (χ0n) is 20.1. The molecule has 34 heavy (non-hydrogen) atoms. The van der Waals surface area contributed by atoms with Crippen molar-refractivity contribution in [1.82, 2.24) is 0 Å². The molecule has 0 spiro atoms. The van der Waals surface area contributed by atoms with Gasteiger partial charge in [0, 0.05) is 16.1 Å². The lowest BCUT2D eigenvalue weighted by molar-refractivity contribution is -0.132. The molecule has 0 radical (unpaired) electrons. The van der Waals surface area contributed by atoms with Gasteiger partial charge in [-0.2, -0.15) is 0 Å². The molecule has 3 aromatic rings. The molecule has 1 N–H and O–H groups in total. The quantitative estimate of drug-likeness (QED) is 0.257. The first-order valence-corrected chi connectivity index (χ1v) is 12.2. The number of carbonyl (C=O) groups is 2. The molecule has 2 heterocycles. The zero-order chi connectivity index (χ0) is 24.6. The molecule has 1 atom stereocenters. The van der Waals surface area contributed by atoms with Crippen molar-refractivity contribution < 1.29 is 19.4 Å². The summed E-state index contributed by atoms with van der Waals surface area (Å²) >= 11 is 1.45. The number of rotatable bonds is 6. The van der Waals surface area contributed by atoms with E-state index in [1.165, 1.54) is 16.2 Å². The van der Waals surface area contributed by atoms with Gasteiger partial charge in [-0.1, -0.05) is 32.0 Å². The summed E-state index contributed by atoms with van der Waals surface area (Å²) in [5.74, 6) is -0.379. The van der Waals surface area contributed by atoms with Crippen molar-refractivity contribution in [1.29, 1.82) is 0 Å². The minimum absolute atomic E-state index is 0.101. The van der Waals surface area contributed by atoms with Gasteiger partial charge in [0.15, 0.2) is 0 Å². The van der Waals surface area contributed by atoms with Gasteiger partial charge < -0.3 is 9.84 Å². The van der Waals surface area contributed by atoms with E-state index in [1.54, 1.807) is 18.2 Å². The zero-order valence-corrected chi connectivity index (χ0v) is 20.9. The van der Waals surface area contributed by atoms with E-state index in [0.717, 1.165) is 27.3 Å². The average molecular weight is 476 g/mol. The van der Waals surface area contributed by atoms with E-state index in [0.29, 0.717) is 23.8 Å². The van der Waals surface area contributed by atoms with Crippen LogP contribution in [0, 0.1) is 26.7 Å². The molecular formula is C28H29NO4S. The normalized spacial score (nSPS) is 17.6. The standard InChI is InChI=1S/C28H29NO4S/c1-16(2)15-33-22-11-10-20(14-19(22)5)26(30)24-25(23-7-6-12-34-23)29(28(32)27(24)31)21-13-17(3)8-9-18(21)4/h6-14,16,25,30H,15H2,1-5H3/b26-24-. The fraction of sp³-hybridized carbons (Fsp3) is 0.286. The lowest BCUT2D eigenvalue weighted by Gasteiger charge is -2.26. The van der Waals surface area contributed by atoms with Crippen LogP contribution in [0.25, 0.3) is 5.76 Å². The summed E-state index contributed by atoms with van der Waals surface area (Å²) in [4.78, 5) is 29.0. The topological polar surface area (TPSA) is 66.8 Å². The van der Waals surface area contributed by atoms with Gasteiger partial charge in [-0.05, 0) is 79.1 Å². The Hall–Kier alpha value is -3.38. The molecule has 1 aliphatic rings. The van der Waals surface area contributed by atoms with Crippen molar-refractivity contribution in [2.45, 2.75) is 40.7 Å². The number of anilines is 1. The third-order valence-electron chi connectivity index (χ3n) is 5.90. The maximum Gasteiger partial charge on any atom is 0.300 e. The van der Waals surface area contributed by atoms with Gasteiger partial charge in [0.1, 0.15) is 17.6 Å². The molecular weight excluding hydrogens is 446 g/mol. The van der Waals surface area contributed by atoms with Crippen LogP contribution in [0.15, 0.2) is 59.5 Å². The van der Waals surface area contributed by atoms with Crippen molar-refractivity contribution >= 4 is 34.5 Å². The molecule has 1 amide bonds. The number of carbonyl (C=O) groups excluding carboxylic acids is 2. The monoisotopic (exact) mass is 475 g/mol. The van der Waals surface area contributed by atoms with Crippen LogP contribution in [0.2, 0.25) is 0 Å². The average Bonchev–Trinajstić information content (AvgIpc) is 3.41. The number of aryl methyl sites for hydroxylation is 3. The second kappa shape index (κ2) is 9.47. The first kappa shape index (κ1) is 23.8. The van der Waals surface area contributed by atoms with Crippen LogP contribution < -0.4 is 9.64 Å². The Balaban J connectivity index is 1.84. The third kappa shape index (κ3) is 4.38. The molecule has 2 aromatic carbocycles. The van der Waals surface area contributed by atoms with Crippen LogP contribution in [0.4, 0.5) is 5.69 Å². The number of ether oxygens (including phenoxy) is 1. The van der Waals surface area contributed by atoms with E-state index in [4.69, 9.17) is 4.74 Å². The van der Waals surface area contributed by atoms with E-state index < -0.39 is 17.7 Å². The molecule has 4 rings (SSSR count). The van der Waals surface area contributed by atoms with Crippen molar-refractivity contribution in [3.8, 4) is 5.75 Å². The Kier molecular flexibility index (Phi) is 6.62. The van der Waals surface area contributed by atoms with Crippen molar-refractivity contribution in [3.63, 3.8) is 0 Å². The van der Waals surface area contributed by atoms with Gasteiger partial charge in [-0.25, -0.2) is 0 Å². The molecule has 1 aromatic heterocycles. The first-order chi connectivity index (χ1) is 16.2. The van der Waals surface area contributed by atoms with Gasteiger partial charge >= 0.3 is 0 Å². The molecule has 0 bridgehead atoms. The fourth-order valence-electron chi connectivity index (χ4n) is 4.15. The summed E-state index contributed by atoms with van der Waals surface area (Å²) in [6.07, 6.45) is 0. The minimum atomic E-state index is -0.697. The van der Waals surface area contributed by atoms with Crippen LogP contribution >= 0.6 is 11.3 Å². The number of aliphatic hydroxyl groups is 1. The van der Waals surface area contributed by atoms with Crippen molar-refractivity contribution in [2.75, 3.05) is 11.5 Å². The van der Waals surface area contributed by atoms with E-state index in [1.807, 2.05) is 56.5 Å². The Morgan fingerprint density at radius 3 is 2.47 bits per heavy atom. The van der Waals surface area contributed by atoms with Crippen LogP contribution in [0.5, 0.6) is 5.75 Å². The number of nitrogens with zero attached hydrogens (tertiary/aromatic N) is 1. The van der Waals surface area contributed by atoms with Crippen LogP contribution in [0.3, 0.4) is 0 Å². The van der Waals surface area contributed by atoms with Crippen LogP contribution in [-0.2, 0) is 9.59 Å². The third-order valence-corrected chi connectivity index (χ3v) is 6.83. The Labute approximate surface area is 204 Å². The molecule has 0 aliphatic carbocycles. The summed E-state index contributed by atoms with van der Waals surface area (Å²) in [6.45, 7) is 10.5. The predicted molar refractivity (Wildman–Crippen MR) is 137 cm³/mol. The van der Waals surface area contributed by atoms with E-state index in [2.05, 4.69) is 13.8 Å². The highest BCUT2D eigenvalue weighted by atomic mass is 32.1. The summed E-state index contributed by atoms with van der Waals surface area (Å²) in [6, 6.07) is 14.2. The SMILES string of the molecule is Cc1ccc(C)c(N2C(=O)C(=O)/C(=C(\O)c3ccc(OCC(C)C)c(C)c3)C2c2cccs2)c1. The van der Waals surface area contributed by atoms with Crippen molar-refractivity contribution in [3.05, 3.63) is 86.6 Å². The number of Topliss-reactive ketones (excluding diaryl/α,β-unsaturated/α-hetero) is 1. The summed E-state index contributed by atoms with van der Waals surface area (Å²) in [5.41, 5.74) is 3.98. The first-order valence-electron chi connectivity index (χ1n) is 11.3.